The Kier molecular flexibility index (Phi) is 6.24. The van der Waals surface area contributed by atoms with Gasteiger partial charge >= 0.3 is 6.03 Å². The maximum Gasteiger partial charge on any atom is 0.335 e. The molecule has 0 radical (unpaired) electrons. The van der Waals surface area contributed by atoms with Crippen LogP contribution >= 0.6 is 11.6 Å². The quantitative estimate of drug-likeness (QED) is 0.424. The summed E-state index contributed by atoms with van der Waals surface area (Å²) in [6.45, 7) is 2.00. The van der Waals surface area contributed by atoms with Crippen LogP contribution in [0.2, 0.25) is 5.02 Å². The van der Waals surface area contributed by atoms with Crippen molar-refractivity contribution >= 4 is 41.2 Å². The van der Waals surface area contributed by atoms with Crippen LogP contribution < -0.4 is 15.0 Å². The monoisotopic (exact) mass is 464 g/mol. The topological polar surface area (TPSA) is 75.7 Å². The molecule has 1 fully saturated rings. The van der Waals surface area contributed by atoms with E-state index in [2.05, 4.69) is 5.32 Å². The lowest BCUT2D eigenvalue weighted by molar-refractivity contribution is -0.122. The van der Waals surface area contributed by atoms with Gasteiger partial charge in [0, 0.05) is 0 Å². The number of hydrogen-bond acceptors (Lipinski definition) is 4. The van der Waals surface area contributed by atoms with Gasteiger partial charge in [-0.2, -0.15) is 0 Å². The Bertz CT molecular complexity index is 1290. The van der Waals surface area contributed by atoms with Crippen molar-refractivity contribution in [3.8, 4) is 5.75 Å². The van der Waals surface area contributed by atoms with Gasteiger partial charge in [0.05, 0.1) is 10.7 Å². The third-order valence-electron chi connectivity index (χ3n) is 4.94. The van der Waals surface area contributed by atoms with E-state index in [9.17, 15) is 18.8 Å². The highest BCUT2D eigenvalue weighted by molar-refractivity contribution is 6.39. The molecule has 1 N–H and O–H groups in total. The van der Waals surface area contributed by atoms with Crippen molar-refractivity contribution in [3.05, 3.63) is 99.8 Å². The van der Waals surface area contributed by atoms with Gasteiger partial charge in [-0.3, -0.25) is 14.9 Å². The number of barbiturate groups is 1. The molecule has 3 aromatic carbocycles. The van der Waals surface area contributed by atoms with E-state index in [4.69, 9.17) is 16.3 Å². The van der Waals surface area contributed by atoms with E-state index in [0.29, 0.717) is 22.6 Å². The van der Waals surface area contributed by atoms with E-state index in [1.807, 2.05) is 6.92 Å². The lowest BCUT2D eigenvalue weighted by atomic mass is 10.1. The molecule has 3 aromatic rings. The summed E-state index contributed by atoms with van der Waals surface area (Å²) in [5.74, 6) is -1.54. The molecule has 4 amide bonds. The van der Waals surface area contributed by atoms with E-state index in [1.54, 1.807) is 48.5 Å². The predicted octanol–water partition coefficient (Wildman–Crippen LogP) is 5.03. The fourth-order valence-corrected chi connectivity index (χ4v) is 3.51. The number of ether oxygens (including phenoxy) is 1. The van der Waals surface area contributed by atoms with Crippen LogP contribution in [0.3, 0.4) is 0 Å². The first-order valence-corrected chi connectivity index (χ1v) is 10.3. The molecule has 33 heavy (non-hydrogen) atoms. The van der Waals surface area contributed by atoms with Crippen LogP contribution in [0.25, 0.3) is 6.08 Å². The Hall–Kier alpha value is -3.97. The first-order valence-electron chi connectivity index (χ1n) is 9.97. The fraction of sp³-hybridized carbons (Fsp3) is 0.0800. The predicted molar refractivity (Wildman–Crippen MR) is 122 cm³/mol. The molecular weight excluding hydrogens is 447 g/mol. The Balaban J connectivity index is 1.56. The van der Waals surface area contributed by atoms with Gasteiger partial charge in [-0.1, -0.05) is 47.5 Å². The summed E-state index contributed by atoms with van der Waals surface area (Å²) < 4.78 is 19.0. The summed E-state index contributed by atoms with van der Waals surface area (Å²) in [5, 5.41) is 2.43. The number of imide groups is 2. The average molecular weight is 465 g/mol. The molecular formula is C25H18ClFN2O4. The highest BCUT2D eigenvalue weighted by Crippen LogP contribution is 2.28. The van der Waals surface area contributed by atoms with E-state index in [-0.39, 0.29) is 23.0 Å². The number of carbonyl (C=O) groups is 3. The van der Waals surface area contributed by atoms with Crippen LogP contribution in [0, 0.1) is 12.7 Å². The van der Waals surface area contributed by atoms with Crippen molar-refractivity contribution in [1.82, 2.24) is 5.32 Å². The Morgan fingerprint density at radius 2 is 1.79 bits per heavy atom. The molecule has 4 rings (SSSR count). The Labute approximate surface area is 194 Å². The van der Waals surface area contributed by atoms with Gasteiger partial charge in [0.2, 0.25) is 0 Å². The highest BCUT2D eigenvalue weighted by atomic mass is 35.5. The summed E-state index contributed by atoms with van der Waals surface area (Å²) in [5.41, 5.74) is 2.21. The van der Waals surface area contributed by atoms with Gasteiger partial charge in [0.15, 0.2) is 0 Å². The standard InChI is InChI=1S/C25H18ClFN2O4/c1-15-5-8-19(9-6-15)29-24(31)20(23(30)28-25(29)32)12-16-7-10-22(21(26)13-16)33-14-17-3-2-4-18(27)11-17/h2-13H,14H2,1H3,(H,28,30,32)/b20-12+. The van der Waals surface area contributed by atoms with Gasteiger partial charge < -0.3 is 4.74 Å². The zero-order valence-corrected chi connectivity index (χ0v) is 18.2. The van der Waals surface area contributed by atoms with Crippen molar-refractivity contribution in [2.24, 2.45) is 0 Å². The summed E-state index contributed by atoms with van der Waals surface area (Å²) in [7, 11) is 0. The van der Waals surface area contributed by atoms with Crippen LogP contribution in [0.4, 0.5) is 14.9 Å². The van der Waals surface area contributed by atoms with Crippen molar-refractivity contribution in [1.29, 1.82) is 0 Å². The number of carbonyl (C=O) groups excluding carboxylic acids is 3. The highest BCUT2D eigenvalue weighted by Gasteiger charge is 2.36. The van der Waals surface area contributed by atoms with E-state index < -0.39 is 17.8 Å². The molecule has 1 heterocycles. The molecule has 1 aliphatic heterocycles. The second kappa shape index (κ2) is 9.26. The summed E-state index contributed by atoms with van der Waals surface area (Å²) >= 11 is 6.30. The van der Waals surface area contributed by atoms with Crippen LogP contribution in [0.15, 0.2) is 72.3 Å². The molecule has 0 aliphatic carbocycles. The largest absolute Gasteiger partial charge is 0.487 e. The number of aryl methyl sites for hydroxylation is 1. The van der Waals surface area contributed by atoms with Gasteiger partial charge in [-0.05, 0) is 60.5 Å². The van der Waals surface area contributed by atoms with E-state index in [0.717, 1.165) is 10.5 Å². The second-order valence-corrected chi connectivity index (χ2v) is 7.81. The van der Waals surface area contributed by atoms with Crippen molar-refractivity contribution in [2.45, 2.75) is 13.5 Å². The van der Waals surface area contributed by atoms with Gasteiger partial charge in [-0.15, -0.1) is 0 Å². The minimum absolute atomic E-state index is 0.117. The van der Waals surface area contributed by atoms with Crippen LogP contribution in [0.5, 0.6) is 5.75 Å². The fourth-order valence-electron chi connectivity index (χ4n) is 3.26. The van der Waals surface area contributed by atoms with E-state index >= 15 is 0 Å². The molecule has 0 bridgehead atoms. The molecule has 166 valence electrons. The van der Waals surface area contributed by atoms with Crippen LogP contribution in [0.1, 0.15) is 16.7 Å². The smallest absolute Gasteiger partial charge is 0.335 e. The minimum atomic E-state index is -0.815. The second-order valence-electron chi connectivity index (χ2n) is 7.40. The Morgan fingerprint density at radius 1 is 1.03 bits per heavy atom. The maximum atomic E-state index is 13.3. The summed E-state index contributed by atoms with van der Waals surface area (Å²) in [4.78, 5) is 38.5. The number of nitrogens with zero attached hydrogens (tertiary/aromatic N) is 1. The minimum Gasteiger partial charge on any atom is -0.487 e. The lowest BCUT2D eigenvalue weighted by Gasteiger charge is -2.26. The molecule has 0 spiro atoms. The molecule has 0 aromatic heterocycles. The summed E-state index contributed by atoms with van der Waals surface area (Å²) in [6.07, 6.45) is 1.35. The maximum absolute atomic E-state index is 13.3. The molecule has 6 nitrogen and oxygen atoms in total. The number of anilines is 1. The number of nitrogens with one attached hydrogen (secondary N) is 1. The third kappa shape index (κ3) is 4.94. The molecule has 1 saturated heterocycles. The molecule has 0 saturated carbocycles. The van der Waals surface area contributed by atoms with Crippen molar-refractivity contribution < 1.29 is 23.5 Å². The lowest BCUT2D eigenvalue weighted by Crippen LogP contribution is -2.54. The number of urea groups is 1. The first kappa shape index (κ1) is 22.2. The van der Waals surface area contributed by atoms with Crippen LogP contribution in [-0.4, -0.2) is 17.8 Å². The van der Waals surface area contributed by atoms with E-state index in [1.165, 1.54) is 24.3 Å². The molecule has 1 aliphatic rings. The SMILES string of the molecule is Cc1ccc(N2C(=O)NC(=O)/C(=C\c3ccc(OCc4cccc(F)c4)c(Cl)c3)C2=O)cc1. The van der Waals surface area contributed by atoms with Gasteiger partial charge in [-0.25, -0.2) is 14.1 Å². The Morgan fingerprint density at radius 3 is 2.48 bits per heavy atom. The number of benzene rings is 3. The third-order valence-corrected chi connectivity index (χ3v) is 5.24. The first-order chi connectivity index (χ1) is 15.8. The molecule has 8 heteroatoms. The molecule has 0 unspecified atom stereocenters. The average Bonchev–Trinajstić information content (AvgIpc) is 2.77. The van der Waals surface area contributed by atoms with Gasteiger partial charge in [0.25, 0.3) is 11.8 Å². The van der Waals surface area contributed by atoms with Crippen molar-refractivity contribution in [2.75, 3.05) is 4.90 Å². The van der Waals surface area contributed by atoms with Crippen LogP contribution in [-0.2, 0) is 16.2 Å². The number of halogens is 2. The van der Waals surface area contributed by atoms with Gasteiger partial charge in [0.1, 0.15) is 23.7 Å². The summed E-state index contributed by atoms with van der Waals surface area (Å²) in [6, 6.07) is 16.7. The zero-order valence-electron chi connectivity index (χ0n) is 17.5. The number of rotatable bonds is 5. The normalized spacial score (nSPS) is 15.1. The zero-order chi connectivity index (χ0) is 23.5. The van der Waals surface area contributed by atoms with Crippen molar-refractivity contribution in [3.63, 3.8) is 0 Å². The molecule has 0 atom stereocenters. The number of amides is 4. The number of hydrogen-bond donors (Lipinski definition) is 1.